The molecule has 0 unspecified atom stereocenters. The van der Waals surface area contributed by atoms with Gasteiger partial charge in [-0.25, -0.2) is 5.43 Å². The first-order valence-corrected chi connectivity index (χ1v) is 9.44. The second-order valence-electron chi connectivity index (χ2n) is 6.64. The highest BCUT2D eigenvalue weighted by Crippen LogP contribution is 2.36. The largest absolute Gasteiger partial charge is 0.495 e. The van der Waals surface area contributed by atoms with Crippen molar-refractivity contribution >= 4 is 51.1 Å². The van der Waals surface area contributed by atoms with E-state index in [0.29, 0.717) is 17.0 Å². The summed E-state index contributed by atoms with van der Waals surface area (Å²) >= 11 is 0. The van der Waals surface area contributed by atoms with Crippen LogP contribution in [-0.4, -0.2) is 48.8 Å². The summed E-state index contributed by atoms with van der Waals surface area (Å²) in [7, 11) is 1.50. The Balaban J connectivity index is 1.68. The van der Waals surface area contributed by atoms with Crippen LogP contribution in [0.15, 0.2) is 45.9 Å². The highest BCUT2D eigenvalue weighted by atomic mass is 16.5. The van der Waals surface area contributed by atoms with Crippen LogP contribution in [0.1, 0.15) is 13.3 Å². The van der Waals surface area contributed by atoms with Gasteiger partial charge in [-0.1, -0.05) is 18.2 Å². The molecule has 0 aliphatic rings. The van der Waals surface area contributed by atoms with Crippen LogP contribution in [0, 0.1) is 0 Å². The van der Waals surface area contributed by atoms with Gasteiger partial charge in [-0.15, -0.1) is 0 Å². The maximum absolute atomic E-state index is 12.4. The minimum atomic E-state index is -0.995. The third-order valence-electron chi connectivity index (χ3n) is 4.34. The molecule has 0 aliphatic heterocycles. The van der Waals surface area contributed by atoms with Crippen molar-refractivity contribution in [1.82, 2.24) is 10.7 Å². The standard InChI is InChI=1S/C21H22N4O6/c1-12(24-25-21(29)20(28)22-7-8-26)9-19(27)23-15-11-17-14(10-18(15)30-2)13-5-3-4-6-16(13)31-17/h3-6,10-11,26H,7-9H2,1-2H3,(H,22,28)(H,23,27)(H,25,29). The minimum Gasteiger partial charge on any atom is -0.495 e. The molecule has 10 nitrogen and oxygen atoms in total. The number of rotatable bonds is 7. The Morgan fingerprint density at radius 3 is 2.61 bits per heavy atom. The van der Waals surface area contributed by atoms with Crippen LogP contribution in [0.4, 0.5) is 5.69 Å². The Morgan fingerprint density at radius 2 is 1.87 bits per heavy atom. The minimum absolute atomic E-state index is 0.0469. The molecule has 0 saturated heterocycles. The van der Waals surface area contributed by atoms with E-state index in [1.165, 1.54) is 14.0 Å². The molecule has 0 spiro atoms. The lowest BCUT2D eigenvalue weighted by molar-refractivity contribution is -0.139. The number of hydrogen-bond acceptors (Lipinski definition) is 7. The summed E-state index contributed by atoms with van der Waals surface area (Å²) in [5, 5.41) is 19.1. The Morgan fingerprint density at radius 1 is 1.10 bits per heavy atom. The average molecular weight is 426 g/mol. The van der Waals surface area contributed by atoms with Crippen LogP contribution in [0.3, 0.4) is 0 Å². The third kappa shape index (κ3) is 5.17. The molecule has 4 N–H and O–H groups in total. The van der Waals surface area contributed by atoms with E-state index in [0.717, 1.165) is 16.4 Å². The lowest BCUT2D eigenvalue weighted by Crippen LogP contribution is -2.39. The summed E-state index contributed by atoms with van der Waals surface area (Å²) in [6, 6.07) is 11.1. The van der Waals surface area contributed by atoms with Crippen molar-refractivity contribution in [2.75, 3.05) is 25.6 Å². The van der Waals surface area contributed by atoms with Crippen LogP contribution in [-0.2, 0) is 14.4 Å². The topological polar surface area (TPSA) is 142 Å². The number of carbonyl (C=O) groups excluding carboxylic acids is 3. The van der Waals surface area contributed by atoms with Gasteiger partial charge in [-0.3, -0.25) is 14.4 Å². The van der Waals surface area contributed by atoms with Crippen LogP contribution < -0.4 is 20.8 Å². The second-order valence-corrected chi connectivity index (χ2v) is 6.64. The maximum Gasteiger partial charge on any atom is 0.329 e. The zero-order chi connectivity index (χ0) is 22.4. The second kappa shape index (κ2) is 9.72. The Hall–Kier alpha value is -3.92. The number of anilines is 1. The zero-order valence-electron chi connectivity index (χ0n) is 17.0. The number of aliphatic hydroxyl groups excluding tert-OH is 1. The van der Waals surface area contributed by atoms with Gasteiger partial charge >= 0.3 is 11.8 Å². The van der Waals surface area contributed by atoms with Crippen molar-refractivity contribution in [2.45, 2.75) is 13.3 Å². The van der Waals surface area contributed by atoms with Crippen LogP contribution in [0.25, 0.3) is 21.9 Å². The maximum atomic E-state index is 12.4. The van der Waals surface area contributed by atoms with Crippen molar-refractivity contribution in [3.05, 3.63) is 36.4 Å². The first kappa shape index (κ1) is 21.8. The number of carbonyl (C=O) groups is 3. The number of furan rings is 1. The molecule has 0 aliphatic carbocycles. The first-order valence-electron chi connectivity index (χ1n) is 9.44. The number of methoxy groups -OCH3 is 1. The molecule has 0 bridgehead atoms. The fraction of sp³-hybridized carbons (Fsp3) is 0.238. The zero-order valence-corrected chi connectivity index (χ0v) is 17.0. The fourth-order valence-electron chi connectivity index (χ4n) is 2.93. The highest BCUT2D eigenvalue weighted by Gasteiger charge is 2.15. The Bertz CT molecular complexity index is 1170. The first-order chi connectivity index (χ1) is 14.9. The van der Waals surface area contributed by atoms with Gasteiger partial charge in [-0.05, 0) is 19.1 Å². The number of nitrogens with zero attached hydrogens (tertiary/aromatic N) is 1. The predicted octanol–water partition coefficient (Wildman–Crippen LogP) is 1.52. The fourth-order valence-corrected chi connectivity index (χ4v) is 2.93. The summed E-state index contributed by atoms with van der Waals surface area (Å²) in [6.45, 7) is 1.20. The Labute approximate surface area is 177 Å². The van der Waals surface area contributed by atoms with Crippen molar-refractivity contribution in [3.63, 3.8) is 0 Å². The molecular formula is C21H22N4O6. The predicted molar refractivity (Wildman–Crippen MR) is 115 cm³/mol. The Kier molecular flexibility index (Phi) is 6.83. The van der Waals surface area contributed by atoms with E-state index in [-0.39, 0.29) is 25.3 Å². The lowest BCUT2D eigenvalue weighted by atomic mass is 10.1. The van der Waals surface area contributed by atoms with Gasteiger partial charge in [0.2, 0.25) is 5.91 Å². The number of hydrogen-bond donors (Lipinski definition) is 4. The van der Waals surface area contributed by atoms with Crippen LogP contribution >= 0.6 is 0 Å². The SMILES string of the molecule is COc1cc2c(cc1NC(=O)CC(C)=NNC(=O)C(=O)NCCO)oc1ccccc12. The number of fused-ring (bicyclic) bond motifs is 3. The highest BCUT2D eigenvalue weighted by molar-refractivity contribution is 6.35. The normalized spacial score (nSPS) is 11.4. The molecule has 3 rings (SSSR count). The summed E-state index contributed by atoms with van der Waals surface area (Å²) in [5.74, 6) is -1.85. The van der Waals surface area contributed by atoms with Gasteiger partial charge in [0.25, 0.3) is 0 Å². The molecule has 31 heavy (non-hydrogen) atoms. The molecule has 3 amide bonds. The van der Waals surface area contributed by atoms with Crippen molar-refractivity contribution in [2.24, 2.45) is 5.10 Å². The number of aliphatic hydroxyl groups is 1. The van der Waals surface area contributed by atoms with Crippen LogP contribution in [0.2, 0.25) is 0 Å². The van der Waals surface area contributed by atoms with E-state index in [1.54, 1.807) is 12.1 Å². The third-order valence-corrected chi connectivity index (χ3v) is 4.34. The summed E-state index contributed by atoms with van der Waals surface area (Å²) in [4.78, 5) is 35.4. The monoisotopic (exact) mass is 426 g/mol. The van der Waals surface area contributed by atoms with Gasteiger partial charge < -0.3 is 24.9 Å². The molecule has 0 atom stereocenters. The van der Waals surface area contributed by atoms with Crippen molar-refractivity contribution in [1.29, 1.82) is 0 Å². The quantitative estimate of drug-likeness (QED) is 0.256. The molecule has 2 aromatic carbocycles. The van der Waals surface area contributed by atoms with E-state index >= 15 is 0 Å². The van der Waals surface area contributed by atoms with E-state index in [4.69, 9.17) is 14.3 Å². The number of amides is 3. The molecule has 0 saturated carbocycles. The summed E-state index contributed by atoms with van der Waals surface area (Å²) < 4.78 is 11.2. The van der Waals surface area contributed by atoms with Crippen molar-refractivity contribution < 1.29 is 28.6 Å². The number of hydrazone groups is 1. The van der Waals surface area contributed by atoms with Gasteiger partial charge in [0.1, 0.15) is 16.9 Å². The van der Waals surface area contributed by atoms with Gasteiger partial charge in [0.15, 0.2) is 0 Å². The number of para-hydroxylation sites is 1. The van der Waals surface area contributed by atoms with E-state index < -0.39 is 17.7 Å². The van der Waals surface area contributed by atoms with E-state index in [1.807, 2.05) is 24.3 Å². The lowest BCUT2D eigenvalue weighted by Gasteiger charge is -2.10. The number of ether oxygens (including phenoxy) is 1. The summed E-state index contributed by atoms with van der Waals surface area (Å²) in [5.41, 5.74) is 4.10. The molecule has 162 valence electrons. The number of benzene rings is 2. The van der Waals surface area contributed by atoms with E-state index in [9.17, 15) is 14.4 Å². The molecule has 1 heterocycles. The summed E-state index contributed by atoms with van der Waals surface area (Å²) in [6.07, 6.45) is -0.125. The molecule has 10 heteroatoms. The van der Waals surface area contributed by atoms with Gasteiger partial charge in [0, 0.05) is 29.1 Å². The van der Waals surface area contributed by atoms with Gasteiger partial charge in [0.05, 0.1) is 25.8 Å². The number of nitrogens with one attached hydrogen (secondary N) is 3. The van der Waals surface area contributed by atoms with E-state index in [2.05, 4.69) is 21.2 Å². The smallest absolute Gasteiger partial charge is 0.329 e. The molecule has 1 aromatic heterocycles. The average Bonchev–Trinajstić information content (AvgIpc) is 3.12. The molecule has 3 aromatic rings. The molecular weight excluding hydrogens is 404 g/mol. The van der Waals surface area contributed by atoms with Gasteiger partial charge in [-0.2, -0.15) is 5.10 Å². The van der Waals surface area contributed by atoms with Crippen LogP contribution in [0.5, 0.6) is 5.75 Å². The van der Waals surface area contributed by atoms with Crippen molar-refractivity contribution in [3.8, 4) is 5.75 Å². The molecule has 0 radical (unpaired) electrons. The molecule has 0 fully saturated rings.